The standard InChI is InChI=1S/C54H99ClSi/c1-4-7-10-13-16-19-22-25-28-31-34-37-40-43-46-49-52-56(55,53-50-47-44-41-38-35-32-29-26-23-20-17-14-11-8-5-2)54-51-48-45-42-39-36-33-30-27-24-21-18-15-12-9-6-3/h4-48H2,1-3H3. The summed E-state index contributed by atoms with van der Waals surface area (Å²) in [6.45, 7) is 6.90. The largest absolute Gasteiger partial charge is 0.386 e. The second-order valence-electron chi connectivity index (χ2n) is 17.6. The number of hydrogen-bond donors (Lipinski definition) is 0. The Balaban J connectivity index is 4.36. The average Bonchev–Trinajstić information content (AvgIpc) is 3.20. The molecule has 0 nitrogen and oxygen atoms in total. The Morgan fingerprint density at radius 1 is 0.232 bits per heavy atom. The monoisotopic (exact) mass is 811 g/mol. The van der Waals surface area contributed by atoms with Crippen LogP contribution in [0.2, 0.25) is 0 Å². The van der Waals surface area contributed by atoms with E-state index >= 15 is 0 Å². The van der Waals surface area contributed by atoms with Gasteiger partial charge in [0.25, 0.3) is 0 Å². The Labute approximate surface area is 360 Å². The van der Waals surface area contributed by atoms with Crippen LogP contribution in [0.3, 0.4) is 0 Å². The van der Waals surface area contributed by atoms with E-state index in [1.807, 2.05) is 0 Å². The summed E-state index contributed by atoms with van der Waals surface area (Å²) in [5.41, 5.74) is 10.4. The molecule has 2 heteroatoms. The first-order valence-electron chi connectivity index (χ1n) is 25.9. The quantitative estimate of drug-likeness (QED) is 0.0249. The SMILES string of the molecule is CCCCCCCCCCCCCCCCC#C[Si](Cl)(C#CCCCCCCCCCCCCCCCC)C#CCCCCCCCCCCCCCCCC. The molecule has 0 aromatic rings. The van der Waals surface area contributed by atoms with Crippen LogP contribution in [0.15, 0.2) is 0 Å². The maximum Gasteiger partial charge on any atom is 0.386 e. The van der Waals surface area contributed by atoms with Crippen LogP contribution < -0.4 is 0 Å². The van der Waals surface area contributed by atoms with Crippen LogP contribution in [0.25, 0.3) is 0 Å². The first-order chi connectivity index (χ1) is 27.7. The zero-order valence-corrected chi connectivity index (χ0v) is 40.5. The summed E-state index contributed by atoms with van der Waals surface area (Å²) in [6.07, 6.45) is 61.2. The Morgan fingerprint density at radius 3 is 0.536 bits per heavy atom. The highest BCUT2D eigenvalue weighted by atomic mass is 35.6. The summed E-state index contributed by atoms with van der Waals surface area (Å²) in [4.78, 5) is 0. The van der Waals surface area contributed by atoms with Gasteiger partial charge in [0.2, 0.25) is 0 Å². The molecule has 0 unspecified atom stereocenters. The smallest absolute Gasteiger partial charge is 0.119 e. The predicted molar refractivity (Wildman–Crippen MR) is 260 cm³/mol. The summed E-state index contributed by atoms with van der Waals surface area (Å²) in [6, 6.07) is 0. The summed E-state index contributed by atoms with van der Waals surface area (Å²) in [7, 11) is -2.68. The first-order valence-corrected chi connectivity index (χ1v) is 28.9. The minimum atomic E-state index is -2.68. The molecule has 0 N–H and O–H groups in total. The molecule has 0 aliphatic heterocycles. The van der Waals surface area contributed by atoms with Crippen LogP contribution in [-0.2, 0) is 0 Å². The highest BCUT2D eigenvalue weighted by Crippen LogP contribution is 2.17. The molecule has 0 saturated heterocycles. The number of rotatable bonds is 42. The molecule has 0 amide bonds. The third-order valence-corrected chi connectivity index (χ3v) is 14.2. The van der Waals surface area contributed by atoms with Crippen molar-refractivity contribution in [1.82, 2.24) is 0 Å². The van der Waals surface area contributed by atoms with Gasteiger partial charge in [0, 0.05) is 19.3 Å². The number of unbranched alkanes of at least 4 members (excludes halogenated alkanes) is 42. The van der Waals surface area contributed by atoms with Crippen molar-refractivity contribution in [2.24, 2.45) is 0 Å². The van der Waals surface area contributed by atoms with Gasteiger partial charge >= 0.3 is 7.38 Å². The molecule has 0 rings (SSSR count). The van der Waals surface area contributed by atoms with Crippen LogP contribution >= 0.6 is 11.1 Å². The normalized spacial score (nSPS) is 11.1. The second kappa shape index (κ2) is 48.6. The number of hydrogen-bond acceptors (Lipinski definition) is 0. The van der Waals surface area contributed by atoms with Crippen LogP contribution in [0, 0.1) is 34.4 Å². The van der Waals surface area contributed by atoms with Gasteiger partial charge in [-0.15, -0.1) is 28.8 Å². The fraction of sp³-hybridized carbons (Fsp3) is 0.889. The molecule has 0 radical (unpaired) electrons. The van der Waals surface area contributed by atoms with Gasteiger partial charge in [-0.25, -0.2) is 0 Å². The van der Waals surface area contributed by atoms with Crippen molar-refractivity contribution in [2.45, 2.75) is 310 Å². The van der Waals surface area contributed by atoms with Gasteiger partial charge in [-0.1, -0.05) is 288 Å². The molecule has 0 aromatic carbocycles. The van der Waals surface area contributed by atoms with Crippen molar-refractivity contribution in [3.8, 4) is 34.4 Å². The lowest BCUT2D eigenvalue weighted by atomic mass is 10.0. The van der Waals surface area contributed by atoms with E-state index in [9.17, 15) is 0 Å². The summed E-state index contributed by atoms with van der Waals surface area (Å²) in [5.74, 6) is 10.4. The van der Waals surface area contributed by atoms with E-state index in [0.29, 0.717) is 0 Å². The van der Waals surface area contributed by atoms with E-state index in [4.69, 9.17) is 11.1 Å². The van der Waals surface area contributed by atoms with Crippen LogP contribution in [-0.4, -0.2) is 7.38 Å². The molecular formula is C54H99ClSi. The lowest BCUT2D eigenvalue weighted by Gasteiger charge is -2.03. The molecule has 0 heterocycles. The van der Waals surface area contributed by atoms with E-state index in [0.717, 1.165) is 19.3 Å². The van der Waals surface area contributed by atoms with Gasteiger partial charge < -0.3 is 0 Å². The van der Waals surface area contributed by atoms with Gasteiger partial charge in [-0.05, 0) is 19.3 Å². The maximum absolute atomic E-state index is 7.15. The van der Waals surface area contributed by atoms with Crippen LogP contribution in [0.1, 0.15) is 310 Å². The topological polar surface area (TPSA) is 0 Å². The molecule has 0 bridgehead atoms. The van der Waals surface area contributed by atoms with Crippen LogP contribution in [0.5, 0.6) is 0 Å². The zero-order chi connectivity index (χ0) is 40.6. The molecule has 0 aromatic heterocycles. The highest BCUT2D eigenvalue weighted by molar-refractivity contribution is 7.33. The average molecular weight is 812 g/mol. The second-order valence-corrected chi connectivity index (χ2v) is 21.4. The van der Waals surface area contributed by atoms with Gasteiger partial charge in [0.15, 0.2) is 0 Å². The third-order valence-electron chi connectivity index (χ3n) is 11.7. The lowest BCUT2D eigenvalue weighted by molar-refractivity contribution is 0.536. The summed E-state index contributed by atoms with van der Waals surface area (Å²) < 4.78 is 0. The Bertz CT molecular complexity index is 829. The van der Waals surface area contributed by atoms with Crippen molar-refractivity contribution in [2.75, 3.05) is 0 Å². The van der Waals surface area contributed by atoms with E-state index in [2.05, 4.69) is 55.2 Å². The Hall–Kier alpha value is -0.813. The van der Waals surface area contributed by atoms with Crippen LogP contribution in [0.4, 0.5) is 0 Å². The van der Waals surface area contributed by atoms with Gasteiger partial charge in [-0.3, -0.25) is 0 Å². The van der Waals surface area contributed by atoms with Crippen molar-refractivity contribution in [3.63, 3.8) is 0 Å². The van der Waals surface area contributed by atoms with E-state index < -0.39 is 7.38 Å². The minimum Gasteiger partial charge on any atom is -0.119 e. The van der Waals surface area contributed by atoms with Gasteiger partial charge in [-0.2, -0.15) is 0 Å². The Kier molecular flexibility index (Phi) is 47.8. The lowest BCUT2D eigenvalue weighted by Crippen LogP contribution is -2.21. The molecule has 56 heavy (non-hydrogen) atoms. The van der Waals surface area contributed by atoms with Crippen molar-refractivity contribution >= 4 is 18.5 Å². The number of halogens is 1. The molecule has 0 spiro atoms. The zero-order valence-electron chi connectivity index (χ0n) is 38.7. The van der Waals surface area contributed by atoms with Gasteiger partial charge in [0.1, 0.15) is 0 Å². The highest BCUT2D eigenvalue weighted by Gasteiger charge is 2.23. The van der Waals surface area contributed by atoms with E-state index in [1.165, 1.54) is 270 Å². The third kappa shape index (κ3) is 45.9. The van der Waals surface area contributed by atoms with Gasteiger partial charge in [0.05, 0.1) is 0 Å². The molecule has 0 fully saturated rings. The van der Waals surface area contributed by atoms with Crippen molar-refractivity contribution in [1.29, 1.82) is 0 Å². The van der Waals surface area contributed by atoms with Crippen molar-refractivity contribution in [3.05, 3.63) is 0 Å². The molecule has 0 atom stereocenters. The summed E-state index contributed by atoms with van der Waals surface area (Å²) >= 11 is 7.15. The molecule has 326 valence electrons. The molecule has 0 saturated carbocycles. The van der Waals surface area contributed by atoms with Crippen molar-refractivity contribution < 1.29 is 0 Å². The van der Waals surface area contributed by atoms with E-state index in [1.54, 1.807) is 0 Å². The Morgan fingerprint density at radius 2 is 0.375 bits per heavy atom. The molecule has 0 aliphatic carbocycles. The van der Waals surface area contributed by atoms with E-state index in [-0.39, 0.29) is 0 Å². The maximum atomic E-state index is 7.15. The molecule has 0 aliphatic rings. The molecular weight excluding hydrogens is 712 g/mol. The summed E-state index contributed by atoms with van der Waals surface area (Å²) in [5, 5.41) is 0. The minimum absolute atomic E-state index is 0.945. The fourth-order valence-electron chi connectivity index (χ4n) is 7.87. The fourth-order valence-corrected chi connectivity index (χ4v) is 9.77. The predicted octanol–water partition coefficient (Wildman–Crippen LogP) is 19.4. The first kappa shape index (κ1) is 55.2.